The Labute approximate surface area is 130 Å². The first kappa shape index (κ1) is 20.1. The number of aliphatic imine (C=N–C) groups is 1. The molecule has 20 heavy (non-hydrogen) atoms. The highest BCUT2D eigenvalue weighted by atomic mass is 29.6. The normalized spacial score (nSPS) is 15.2. The molecule has 0 aliphatic carbocycles. The van der Waals surface area contributed by atoms with Gasteiger partial charge in [-0.2, -0.15) is 0 Å². The van der Waals surface area contributed by atoms with E-state index < -0.39 is 22.3 Å². The van der Waals surface area contributed by atoms with Gasteiger partial charge in [0.15, 0.2) is 0 Å². The molecule has 0 aromatic carbocycles. The first-order chi connectivity index (χ1) is 8.79. The molecule has 0 atom stereocenters. The molecule has 0 fully saturated rings. The van der Waals surface area contributed by atoms with Crippen molar-refractivity contribution < 1.29 is 0 Å². The van der Waals surface area contributed by atoms with Gasteiger partial charge in [0.25, 0.3) is 0 Å². The van der Waals surface area contributed by atoms with Crippen molar-refractivity contribution in [2.45, 2.75) is 92.0 Å². The van der Waals surface area contributed by atoms with E-state index in [0.29, 0.717) is 12.1 Å². The maximum atomic E-state index is 5.13. The Morgan fingerprint density at radius 1 is 0.900 bits per heavy atom. The van der Waals surface area contributed by atoms with Crippen molar-refractivity contribution in [2.24, 2.45) is 4.99 Å². The highest BCUT2D eigenvalue weighted by Gasteiger charge is 2.57. The van der Waals surface area contributed by atoms with Gasteiger partial charge in [0, 0.05) is 27.3 Å². The molecule has 0 aliphatic heterocycles. The fourth-order valence-corrected chi connectivity index (χ4v) is 49.5. The molecule has 0 saturated heterocycles. The summed E-state index contributed by atoms with van der Waals surface area (Å²) < 4.78 is 0. The molecule has 0 aromatic heterocycles. The molecule has 0 aromatic rings. The fourth-order valence-electron chi connectivity index (χ4n) is 3.87. The Bertz CT molecular complexity index is 322. The smallest absolute Gasteiger partial charge is 0.116 e. The predicted molar refractivity (Wildman–Crippen MR) is 104 cm³/mol. The molecule has 0 rings (SSSR count). The summed E-state index contributed by atoms with van der Waals surface area (Å²) in [5.41, 5.74) is 1.45. The van der Waals surface area contributed by atoms with E-state index in [-0.39, 0.29) is 0 Å². The van der Waals surface area contributed by atoms with Crippen LogP contribution in [0.2, 0.25) is 45.3 Å². The molecule has 0 aliphatic rings. The Hall–Kier alpha value is 0.121. The summed E-state index contributed by atoms with van der Waals surface area (Å²) in [6, 6.07) is 2.23. The summed E-state index contributed by atoms with van der Waals surface area (Å²) in [6.45, 7) is 26.8. The molecule has 0 unspecified atom stereocenters. The van der Waals surface area contributed by atoms with Gasteiger partial charge in [0.2, 0.25) is 0 Å². The summed E-state index contributed by atoms with van der Waals surface area (Å²) in [5.74, 6) is 0. The summed E-state index contributed by atoms with van der Waals surface area (Å²) >= 11 is 0. The van der Waals surface area contributed by atoms with Gasteiger partial charge in [-0.3, -0.25) is 4.99 Å². The van der Waals surface area contributed by atoms with Crippen molar-refractivity contribution in [1.29, 1.82) is 0 Å². The van der Waals surface area contributed by atoms with Crippen LogP contribution in [0.5, 0.6) is 0 Å². The van der Waals surface area contributed by atoms with Gasteiger partial charge >= 0.3 is 0 Å². The summed E-state index contributed by atoms with van der Waals surface area (Å²) in [7, 11) is -4.03. The third-order valence-corrected chi connectivity index (χ3v) is 44.0. The maximum Gasteiger partial charge on any atom is 0.116 e. The van der Waals surface area contributed by atoms with Gasteiger partial charge in [0.05, 0.1) is 5.46 Å². The van der Waals surface area contributed by atoms with Crippen LogP contribution in [0.3, 0.4) is 0 Å². The lowest BCUT2D eigenvalue weighted by Gasteiger charge is -2.50. The molecule has 0 amide bonds. The fraction of sp³-hybridized carbons (Fsp3) is 0.933. The lowest BCUT2D eigenvalue weighted by Crippen LogP contribution is -2.78. The molecule has 120 valence electrons. The summed E-state index contributed by atoms with van der Waals surface area (Å²) in [6.07, 6.45) is 0. The molecule has 1 N–H and O–H groups in total. The van der Waals surface area contributed by atoms with E-state index in [0.717, 1.165) is 0 Å². The Morgan fingerprint density at radius 2 is 1.30 bits per heavy atom. The molecule has 2 nitrogen and oxygen atoms in total. The Kier molecular flexibility index (Phi) is 6.96. The van der Waals surface area contributed by atoms with Gasteiger partial charge in [-0.05, 0) is 27.7 Å². The zero-order valence-corrected chi connectivity index (χ0v) is 18.8. The van der Waals surface area contributed by atoms with Crippen molar-refractivity contribution in [3.05, 3.63) is 0 Å². The van der Waals surface area contributed by atoms with Crippen LogP contribution < -0.4 is 5.32 Å². The minimum Gasteiger partial charge on any atom is -0.376 e. The van der Waals surface area contributed by atoms with Crippen LogP contribution >= 0.6 is 0 Å². The molecule has 0 bridgehead atoms. The monoisotopic (exact) mass is 330 g/mol. The van der Waals surface area contributed by atoms with Crippen LogP contribution in [-0.4, -0.2) is 39.8 Å². The third kappa shape index (κ3) is 4.31. The average molecular weight is 331 g/mol. The molecular weight excluding hydrogens is 292 g/mol. The number of hydrogen-bond donors (Lipinski definition) is 1. The first-order valence-corrected chi connectivity index (χ1v) is 19.3. The lowest BCUT2D eigenvalue weighted by atomic mass is 10.4. The van der Waals surface area contributed by atoms with Gasteiger partial charge in [-0.15, -0.1) is 0 Å². The summed E-state index contributed by atoms with van der Waals surface area (Å²) in [4.78, 5) is 5.13. The average Bonchev–Trinajstić information content (AvgIpc) is 2.11. The SMILES string of the molecule is CC[Si](C(=NC(C)C)NC(C)C)([Si](C)(C)C)[Si](C)(C)C. The van der Waals surface area contributed by atoms with Crippen LogP contribution in [0.1, 0.15) is 34.6 Å². The number of hydrogen-bond acceptors (Lipinski definition) is 1. The van der Waals surface area contributed by atoms with E-state index in [1.807, 2.05) is 0 Å². The largest absolute Gasteiger partial charge is 0.376 e. The van der Waals surface area contributed by atoms with Crippen molar-refractivity contribution in [1.82, 2.24) is 5.32 Å². The Morgan fingerprint density at radius 3 is 1.50 bits per heavy atom. The van der Waals surface area contributed by atoms with Gasteiger partial charge < -0.3 is 5.32 Å². The van der Waals surface area contributed by atoms with Crippen LogP contribution in [0.15, 0.2) is 4.99 Å². The topological polar surface area (TPSA) is 24.4 Å². The number of nitrogens with zero attached hydrogens (tertiary/aromatic N) is 1. The second-order valence-electron chi connectivity index (χ2n) is 8.63. The van der Waals surface area contributed by atoms with Crippen molar-refractivity contribution in [3.63, 3.8) is 0 Å². The van der Waals surface area contributed by atoms with E-state index in [9.17, 15) is 0 Å². The van der Waals surface area contributed by atoms with E-state index in [2.05, 4.69) is 79.2 Å². The van der Waals surface area contributed by atoms with E-state index in [1.54, 1.807) is 0 Å². The Balaban J connectivity index is 6.18. The standard InChI is InChI=1S/C15H38N2Si3/c1-12-20(18(6,7)8,19(9,10)11)15(16-13(2)3)17-14(4)5/h13-14H,12H2,1-11H3,(H,16,17). The van der Waals surface area contributed by atoms with Gasteiger partial charge in [0.1, 0.15) is 7.11 Å². The highest BCUT2D eigenvalue weighted by Crippen LogP contribution is 2.33. The second-order valence-corrected chi connectivity index (χ2v) is 36.2. The van der Waals surface area contributed by atoms with E-state index in [1.165, 1.54) is 11.5 Å². The quantitative estimate of drug-likeness (QED) is 0.428. The van der Waals surface area contributed by atoms with Crippen LogP contribution in [0.4, 0.5) is 0 Å². The molecule has 5 heteroatoms. The molecule has 0 heterocycles. The minimum absolute atomic E-state index is 0.391. The second kappa shape index (κ2) is 6.92. The number of nitrogens with one attached hydrogen (secondary N) is 1. The molecule has 0 spiro atoms. The number of amidine groups is 1. The van der Waals surface area contributed by atoms with Crippen LogP contribution in [-0.2, 0) is 0 Å². The zero-order valence-electron chi connectivity index (χ0n) is 15.8. The van der Waals surface area contributed by atoms with Gasteiger partial charge in [-0.1, -0.05) is 52.2 Å². The van der Waals surface area contributed by atoms with Crippen molar-refractivity contribution in [3.8, 4) is 0 Å². The van der Waals surface area contributed by atoms with Crippen molar-refractivity contribution >= 4 is 27.8 Å². The molecule has 0 radical (unpaired) electrons. The molecule has 0 saturated carbocycles. The number of rotatable bonds is 6. The molecular formula is C15H38N2Si3. The van der Waals surface area contributed by atoms with Crippen LogP contribution in [0, 0.1) is 0 Å². The van der Waals surface area contributed by atoms with Crippen molar-refractivity contribution in [2.75, 3.05) is 0 Å². The highest BCUT2D eigenvalue weighted by molar-refractivity contribution is 7.77. The maximum absolute atomic E-state index is 5.13. The van der Waals surface area contributed by atoms with Crippen LogP contribution in [0.25, 0.3) is 0 Å². The zero-order chi connectivity index (χ0) is 16.4. The minimum atomic E-state index is -1.51. The summed E-state index contributed by atoms with van der Waals surface area (Å²) in [5, 5.41) is 3.80. The van der Waals surface area contributed by atoms with Gasteiger partial charge in [-0.25, -0.2) is 0 Å². The first-order valence-electron chi connectivity index (χ1n) is 8.14. The lowest BCUT2D eigenvalue weighted by molar-refractivity contribution is 0.725. The van der Waals surface area contributed by atoms with E-state index >= 15 is 0 Å². The third-order valence-electron chi connectivity index (χ3n) is 4.31. The van der Waals surface area contributed by atoms with E-state index in [4.69, 9.17) is 4.99 Å². The predicted octanol–water partition coefficient (Wildman–Crippen LogP) is 4.63.